The number of benzene rings is 1. The number of carboxylic acid groups (broad SMARTS) is 1. The van der Waals surface area contributed by atoms with Gasteiger partial charge < -0.3 is 9.84 Å². The molecule has 0 spiro atoms. The van der Waals surface area contributed by atoms with Gasteiger partial charge in [-0.1, -0.05) is 17.7 Å². The van der Waals surface area contributed by atoms with Crippen molar-refractivity contribution in [1.29, 1.82) is 0 Å². The summed E-state index contributed by atoms with van der Waals surface area (Å²) in [4.78, 5) is 14.0. The first-order valence-corrected chi connectivity index (χ1v) is 10.7. The van der Waals surface area contributed by atoms with E-state index in [0.717, 1.165) is 28.0 Å². The highest BCUT2D eigenvalue weighted by molar-refractivity contribution is 7.19. The van der Waals surface area contributed by atoms with E-state index in [9.17, 15) is 18.0 Å². The van der Waals surface area contributed by atoms with Gasteiger partial charge in [0.15, 0.2) is 0 Å². The minimum absolute atomic E-state index is 0.00423. The van der Waals surface area contributed by atoms with Gasteiger partial charge in [-0.3, -0.25) is 4.79 Å². The summed E-state index contributed by atoms with van der Waals surface area (Å²) in [5.41, 5.74) is 2.46. The van der Waals surface area contributed by atoms with E-state index in [1.54, 1.807) is 19.1 Å². The maximum atomic E-state index is 13.5. The Labute approximate surface area is 183 Å². The zero-order valence-electron chi connectivity index (χ0n) is 15.8. The number of aliphatic carboxylic acids is 1. The van der Waals surface area contributed by atoms with Crippen LogP contribution in [0.4, 0.5) is 13.2 Å². The van der Waals surface area contributed by atoms with Gasteiger partial charge in [0.1, 0.15) is 32.3 Å². The highest BCUT2D eigenvalue weighted by Crippen LogP contribution is 2.41. The van der Waals surface area contributed by atoms with Crippen molar-refractivity contribution in [3.63, 3.8) is 0 Å². The summed E-state index contributed by atoms with van der Waals surface area (Å²) in [5, 5.41) is 9.15. The fraction of sp³-hybridized carbons (Fsp3) is 0.316. The lowest BCUT2D eigenvalue weighted by atomic mass is 9.99. The number of halogens is 4. The number of nitrogens with zero attached hydrogens (tertiary/aromatic N) is 2. The van der Waals surface area contributed by atoms with Gasteiger partial charge in [0.25, 0.3) is 0 Å². The van der Waals surface area contributed by atoms with Crippen LogP contribution in [0.15, 0.2) is 18.3 Å². The number of carboxylic acids is 1. The average Bonchev–Trinajstić information content (AvgIpc) is 3.27. The normalized spacial score (nSPS) is 11.7. The number of aromatic nitrogens is 2. The molecule has 0 atom stereocenters. The molecule has 0 saturated carbocycles. The second kappa shape index (κ2) is 8.91. The quantitative estimate of drug-likeness (QED) is 0.442. The largest absolute Gasteiger partial charge is 0.488 e. The van der Waals surface area contributed by atoms with E-state index >= 15 is 0 Å². The molecule has 3 rings (SSSR count). The zero-order valence-corrected chi connectivity index (χ0v) is 18.2. The molecular formula is C19H16ClF3N2O3S2. The van der Waals surface area contributed by atoms with Gasteiger partial charge in [-0.2, -0.15) is 17.5 Å². The maximum absolute atomic E-state index is 13.5. The van der Waals surface area contributed by atoms with Crippen LogP contribution in [0.25, 0.3) is 10.7 Å². The topological polar surface area (TPSA) is 72.3 Å². The number of carbonyl (C=O) groups is 1. The van der Waals surface area contributed by atoms with E-state index in [2.05, 4.69) is 9.36 Å². The van der Waals surface area contributed by atoms with Gasteiger partial charge in [-0.15, -0.1) is 11.3 Å². The van der Waals surface area contributed by atoms with Crippen molar-refractivity contribution in [2.45, 2.75) is 39.5 Å². The lowest BCUT2D eigenvalue weighted by Gasteiger charge is -2.15. The van der Waals surface area contributed by atoms with E-state index in [1.807, 2.05) is 6.92 Å². The van der Waals surface area contributed by atoms with E-state index < -0.39 is 17.0 Å². The first-order valence-electron chi connectivity index (χ1n) is 8.69. The van der Waals surface area contributed by atoms with Crippen molar-refractivity contribution >= 4 is 40.4 Å². The van der Waals surface area contributed by atoms with Crippen LogP contribution in [0.3, 0.4) is 0 Å². The number of thiazole rings is 1. The molecule has 1 N–H and O–H groups in total. The predicted molar refractivity (Wildman–Crippen MR) is 109 cm³/mol. The van der Waals surface area contributed by atoms with Crippen LogP contribution in [0.2, 0.25) is 4.34 Å². The molecule has 0 aliphatic carbocycles. The van der Waals surface area contributed by atoms with Crippen LogP contribution >= 0.6 is 34.5 Å². The molecule has 0 aliphatic heterocycles. The van der Waals surface area contributed by atoms with E-state index in [1.165, 1.54) is 6.20 Å². The Hall–Kier alpha value is -2.17. The molecule has 2 heterocycles. The SMILES string of the molecule is Cc1c(CCC(=O)O)ccc(OCc2c(-c3ncc(Cl)s3)nsc2C(F)(F)F)c1C. The molecule has 1 aromatic carbocycles. The molecule has 0 amide bonds. The summed E-state index contributed by atoms with van der Waals surface area (Å²) in [6, 6.07) is 3.38. The highest BCUT2D eigenvalue weighted by Gasteiger charge is 2.38. The molecule has 11 heteroatoms. The summed E-state index contributed by atoms with van der Waals surface area (Å²) < 4.78 is 50.5. The average molecular weight is 477 g/mol. The number of hydrogen-bond acceptors (Lipinski definition) is 6. The third-order valence-electron chi connectivity index (χ3n) is 4.56. The van der Waals surface area contributed by atoms with Crippen molar-refractivity contribution in [3.05, 3.63) is 49.8 Å². The molecule has 0 aliphatic rings. The number of hydrogen-bond donors (Lipinski definition) is 1. The van der Waals surface area contributed by atoms with Crippen LogP contribution in [-0.4, -0.2) is 20.4 Å². The lowest BCUT2D eigenvalue weighted by molar-refractivity contribution is -0.137. The number of aryl methyl sites for hydroxylation is 1. The standard InChI is InChI=1S/C19H16ClF3N2O3S2/c1-9-10(2)13(5-3-11(9)4-6-15(26)27)28-8-12-16(18-24-7-14(20)29-18)25-30-17(12)19(21,22)23/h3,5,7H,4,6,8H2,1-2H3,(H,26,27). The molecule has 0 unspecified atom stereocenters. The van der Waals surface area contributed by atoms with E-state index in [0.29, 0.717) is 33.0 Å². The van der Waals surface area contributed by atoms with Gasteiger partial charge in [-0.25, -0.2) is 4.98 Å². The van der Waals surface area contributed by atoms with Crippen LogP contribution in [-0.2, 0) is 24.0 Å². The molecule has 0 fully saturated rings. The van der Waals surface area contributed by atoms with Crippen LogP contribution < -0.4 is 4.74 Å². The molecule has 3 aromatic rings. The third kappa shape index (κ3) is 4.93. The Morgan fingerprint density at radius 2 is 2.00 bits per heavy atom. The van der Waals surface area contributed by atoms with Gasteiger partial charge in [0.2, 0.25) is 0 Å². The molecule has 0 bridgehead atoms. The molecule has 0 radical (unpaired) electrons. The van der Waals surface area contributed by atoms with E-state index in [4.69, 9.17) is 21.4 Å². The minimum atomic E-state index is -4.57. The van der Waals surface area contributed by atoms with Crippen molar-refractivity contribution in [1.82, 2.24) is 9.36 Å². The molecule has 5 nitrogen and oxygen atoms in total. The zero-order chi connectivity index (χ0) is 22.1. The second-order valence-corrected chi connectivity index (χ2v) is 8.90. The summed E-state index contributed by atoms with van der Waals surface area (Å²) in [6.07, 6.45) is -2.84. The van der Waals surface area contributed by atoms with Gasteiger partial charge >= 0.3 is 12.1 Å². The molecular weight excluding hydrogens is 461 g/mol. The summed E-state index contributed by atoms with van der Waals surface area (Å²) in [7, 11) is 0. The highest BCUT2D eigenvalue weighted by atomic mass is 35.5. The minimum Gasteiger partial charge on any atom is -0.488 e. The number of alkyl halides is 3. The lowest BCUT2D eigenvalue weighted by Crippen LogP contribution is -2.09. The first-order chi connectivity index (χ1) is 14.1. The first kappa shape index (κ1) is 22.5. The number of ether oxygens (including phenoxy) is 1. The maximum Gasteiger partial charge on any atom is 0.427 e. The summed E-state index contributed by atoms with van der Waals surface area (Å²) >= 11 is 7.27. The van der Waals surface area contributed by atoms with Crippen molar-refractivity contribution in [2.75, 3.05) is 0 Å². The van der Waals surface area contributed by atoms with Gasteiger partial charge in [0.05, 0.1) is 6.20 Å². The Kier molecular flexibility index (Phi) is 6.68. The monoisotopic (exact) mass is 476 g/mol. The summed E-state index contributed by atoms with van der Waals surface area (Å²) in [6.45, 7) is 3.27. The second-order valence-electron chi connectivity index (χ2n) is 6.46. The molecule has 2 aromatic heterocycles. The Balaban J connectivity index is 1.89. The molecule has 160 valence electrons. The Morgan fingerprint density at radius 3 is 2.60 bits per heavy atom. The van der Waals surface area contributed by atoms with Crippen molar-refractivity contribution in [2.24, 2.45) is 0 Å². The number of rotatable bonds is 7. The van der Waals surface area contributed by atoms with Crippen LogP contribution in [0.5, 0.6) is 5.75 Å². The fourth-order valence-electron chi connectivity index (χ4n) is 2.87. The Bertz CT molecular complexity index is 1080. The predicted octanol–water partition coefficient (Wildman–Crippen LogP) is 6.15. The van der Waals surface area contributed by atoms with E-state index in [-0.39, 0.29) is 24.3 Å². The van der Waals surface area contributed by atoms with Gasteiger partial charge in [0, 0.05) is 12.0 Å². The summed E-state index contributed by atoms with van der Waals surface area (Å²) in [5.74, 6) is -0.471. The van der Waals surface area contributed by atoms with Gasteiger partial charge in [-0.05, 0) is 54.6 Å². The molecule has 30 heavy (non-hydrogen) atoms. The van der Waals surface area contributed by atoms with Crippen LogP contribution in [0.1, 0.15) is 33.6 Å². The van der Waals surface area contributed by atoms with Crippen molar-refractivity contribution < 1.29 is 27.8 Å². The van der Waals surface area contributed by atoms with Crippen molar-refractivity contribution in [3.8, 4) is 16.5 Å². The van der Waals surface area contributed by atoms with Crippen LogP contribution in [0, 0.1) is 13.8 Å². The third-order valence-corrected chi connectivity index (χ3v) is 6.61. The smallest absolute Gasteiger partial charge is 0.427 e. The fourth-order valence-corrected chi connectivity index (χ4v) is 4.60. The Morgan fingerprint density at radius 1 is 1.27 bits per heavy atom. The molecule has 0 saturated heterocycles.